The molecule has 0 bridgehead atoms. The third-order valence-corrected chi connectivity index (χ3v) is 3.93. The Hall–Kier alpha value is -3.08. The number of rotatable bonds is 9. The standard InChI is InChI=1S/C22H25NO4/c1-3-4-14-23-21(24)16-27-22(25)19(17-10-6-5-7-11-17)15-18-12-8-9-13-20(18)26-2/h5-13,15H,3-4,14,16H2,1-2H3,(H,23,24)/b19-15+. The molecule has 1 amide bonds. The Balaban J connectivity index is 2.19. The number of ether oxygens (including phenoxy) is 2. The van der Waals surface area contributed by atoms with E-state index in [1.54, 1.807) is 13.2 Å². The van der Waals surface area contributed by atoms with E-state index in [4.69, 9.17) is 9.47 Å². The van der Waals surface area contributed by atoms with Crippen molar-refractivity contribution in [2.75, 3.05) is 20.3 Å². The van der Waals surface area contributed by atoms with E-state index in [9.17, 15) is 9.59 Å². The highest BCUT2D eigenvalue weighted by atomic mass is 16.5. The summed E-state index contributed by atoms with van der Waals surface area (Å²) in [7, 11) is 1.58. The Kier molecular flexibility index (Phi) is 8.10. The van der Waals surface area contributed by atoms with Gasteiger partial charge in [-0.3, -0.25) is 4.79 Å². The Morgan fingerprint density at radius 1 is 1.04 bits per heavy atom. The maximum absolute atomic E-state index is 12.7. The van der Waals surface area contributed by atoms with Crippen LogP contribution in [0.5, 0.6) is 5.75 Å². The molecule has 0 saturated carbocycles. The summed E-state index contributed by atoms with van der Waals surface area (Å²) in [5, 5.41) is 2.73. The molecular weight excluding hydrogens is 342 g/mol. The van der Waals surface area contributed by atoms with Gasteiger partial charge in [0.1, 0.15) is 5.75 Å². The average molecular weight is 367 g/mol. The molecule has 2 aromatic rings. The van der Waals surface area contributed by atoms with Gasteiger partial charge < -0.3 is 14.8 Å². The number of hydrogen-bond acceptors (Lipinski definition) is 4. The van der Waals surface area contributed by atoms with Crippen LogP contribution in [0.1, 0.15) is 30.9 Å². The second kappa shape index (κ2) is 10.8. The predicted octanol–water partition coefficient (Wildman–Crippen LogP) is 3.70. The molecule has 0 unspecified atom stereocenters. The maximum atomic E-state index is 12.7. The van der Waals surface area contributed by atoms with E-state index in [1.807, 2.05) is 61.5 Å². The Bertz CT molecular complexity index is 784. The van der Waals surface area contributed by atoms with Gasteiger partial charge in [-0.15, -0.1) is 0 Å². The maximum Gasteiger partial charge on any atom is 0.339 e. The fraction of sp³-hybridized carbons (Fsp3) is 0.273. The molecule has 0 atom stereocenters. The lowest BCUT2D eigenvalue weighted by molar-refractivity contribution is -0.142. The van der Waals surface area contributed by atoms with E-state index in [1.165, 1.54) is 0 Å². The highest BCUT2D eigenvalue weighted by Gasteiger charge is 2.16. The lowest BCUT2D eigenvalue weighted by atomic mass is 10.0. The van der Waals surface area contributed by atoms with E-state index in [-0.39, 0.29) is 12.5 Å². The van der Waals surface area contributed by atoms with Gasteiger partial charge in [-0.25, -0.2) is 4.79 Å². The quantitative estimate of drug-likeness (QED) is 0.318. The minimum atomic E-state index is -0.558. The van der Waals surface area contributed by atoms with Gasteiger partial charge >= 0.3 is 5.97 Å². The minimum absolute atomic E-state index is 0.304. The fourth-order valence-corrected chi connectivity index (χ4v) is 2.48. The van der Waals surface area contributed by atoms with Crippen molar-refractivity contribution in [3.63, 3.8) is 0 Å². The first-order valence-electron chi connectivity index (χ1n) is 8.99. The number of benzene rings is 2. The lowest BCUT2D eigenvalue weighted by Crippen LogP contribution is -2.29. The van der Waals surface area contributed by atoms with Crippen LogP contribution < -0.4 is 10.1 Å². The van der Waals surface area contributed by atoms with Gasteiger partial charge in [-0.2, -0.15) is 0 Å². The van der Waals surface area contributed by atoms with Crippen LogP contribution in [0.4, 0.5) is 0 Å². The summed E-state index contributed by atoms with van der Waals surface area (Å²) in [5.41, 5.74) is 1.82. The van der Waals surface area contributed by atoms with Crippen LogP contribution in [0.3, 0.4) is 0 Å². The van der Waals surface area contributed by atoms with Crippen molar-refractivity contribution in [2.45, 2.75) is 19.8 Å². The number of carbonyl (C=O) groups excluding carboxylic acids is 2. The van der Waals surface area contributed by atoms with Crippen molar-refractivity contribution in [2.24, 2.45) is 0 Å². The zero-order chi connectivity index (χ0) is 19.5. The summed E-state index contributed by atoms with van der Waals surface area (Å²) in [6.07, 6.45) is 3.59. The zero-order valence-electron chi connectivity index (χ0n) is 15.7. The van der Waals surface area contributed by atoms with Crippen LogP contribution in [0.15, 0.2) is 54.6 Å². The second-order valence-corrected chi connectivity index (χ2v) is 5.95. The van der Waals surface area contributed by atoms with E-state index < -0.39 is 5.97 Å². The van der Waals surface area contributed by atoms with Gasteiger partial charge in [0.2, 0.25) is 0 Å². The van der Waals surface area contributed by atoms with Gasteiger partial charge in [0.25, 0.3) is 5.91 Å². The largest absolute Gasteiger partial charge is 0.496 e. The van der Waals surface area contributed by atoms with Gasteiger partial charge in [-0.05, 0) is 24.1 Å². The van der Waals surface area contributed by atoms with Crippen molar-refractivity contribution >= 4 is 23.5 Å². The molecule has 0 aliphatic heterocycles. The number of unbranched alkanes of at least 4 members (excludes halogenated alkanes) is 1. The molecule has 0 saturated heterocycles. The van der Waals surface area contributed by atoms with Gasteiger partial charge in [-0.1, -0.05) is 61.9 Å². The van der Waals surface area contributed by atoms with Crippen LogP contribution in [0.2, 0.25) is 0 Å². The van der Waals surface area contributed by atoms with Crippen molar-refractivity contribution in [1.82, 2.24) is 5.32 Å². The number of hydrogen-bond donors (Lipinski definition) is 1. The molecule has 5 nitrogen and oxygen atoms in total. The number of methoxy groups -OCH3 is 1. The van der Waals surface area contributed by atoms with Crippen molar-refractivity contribution in [3.05, 3.63) is 65.7 Å². The first kappa shape index (κ1) is 20.2. The molecule has 0 aliphatic carbocycles. The molecule has 0 spiro atoms. The molecule has 0 heterocycles. The molecule has 2 aromatic carbocycles. The van der Waals surface area contributed by atoms with Crippen LogP contribution >= 0.6 is 0 Å². The van der Waals surface area contributed by atoms with Gasteiger partial charge in [0.05, 0.1) is 12.7 Å². The molecule has 0 aliphatic rings. The highest BCUT2D eigenvalue weighted by molar-refractivity contribution is 6.22. The summed E-state index contributed by atoms with van der Waals surface area (Å²) < 4.78 is 10.6. The normalized spacial score (nSPS) is 11.0. The number of nitrogens with one attached hydrogen (secondary N) is 1. The smallest absolute Gasteiger partial charge is 0.339 e. The van der Waals surface area contributed by atoms with E-state index in [0.29, 0.717) is 23.4 Å². The van der Waals surface area contributed by atoms with Crippen molar-refractivity contribution in [1.29, 1.82) is 0 Å². The number of amides is 1. The number of esters is 1. The summed E-state index contributed by atoms with van der Waals surface area (Å²) in [6.45, 7) is 2.31. The Morgan fingerprint density at radius 2 is 1.74 bits per heavy atom. The second-order valence-electron chi connectivity index (χ2n) is 5.95. The molecule has 0 aromatic heterocycles. The molecule has 142 valence electrons. The summed E-state index contributed by atoms with van der Waals surface area (Å²) in [6, 6.07) is 16.6. The highest BCUT2D eigenvalue weighted by Crippen LogP contribution is 2.25. The number of para-hydroxylation sites is 1. The first-order valence-corrected chi connectivity index (χ1v) is 8.99. The summed E-state index contributed by atoms with van der Waals surface area (Å²) in [4.78, 5) is 24.5. The topological polar surface area (TPSA) is 64.6 Å². The van der Waals surface area contributed by atoms with Crippen LogP contribution in [-0.4, -0.2) is 32.1 Å². The molecule has 0 radical (unpaired) electrons. The molecule has 27 heavy (non-hydrogen) atoms. The van der Waals surface area contributed by atoms with Gasteiger partial charge in [0.15, 0.2) is 6.61 Å². The summed E-state index contributed by atoms with van der Waals surface area (Å²) >= 11 is 0. The third kappa shape index (κ3) is 6.29. The average Bonchev–Trinajstić information content (AvgIpc) is 2.71. The van der Waals surface area contributed by atoms with E-state index in [0.717, 1.165) is 18.4 Å². The number of carbonyl (C=O) groups is 2. The Labute approximate surface area is 160 Å². The molecular formula is C22H25NO4. The molecule has 5 heteroatoms. The molecule has 1 N–H and O–H groups in total. The fourth-order valence-electron chi connectivity index (χ4n) is 2.48. The van der Waals surface area contributed by atoms with Crippen LogP contribution in [0, 0.1) is 0 Å². The lowest BCUT2D eigenvalue weighted by Gasteiger charge is -2.11. The summed E-state index contributed by atoms with van der Waals surface area (Å²) in [5.74, 6) is -0.213. The Morgan fingerprint density at radius 3 is 2.44 bits per heavy atom. The zero-order valence-corrected chi connectivity index (χ0v) is 15.7. The third-order valence-electron chi connectivity index (χ3n) is 3.93. The van der Waals surface area contributed by atoms with E-state index in [2.05, 4.69) is 5.32 Å². The van der Waals surface area contributed by atoms with Crippen LogP contribution in [-0.2, 0) is 14.3 Å². The monoisotopic (exact) mass is 367 g/mol. The molecule has 2 rings (SSSR count). The van der Waals surface area contributed by atoms with Gasteiger partial charge in [0, 0.05) is 12.1 Å². The van der Waals surface area contributed by atoms with Crippen LogP contribution in [0.25, 0.3) is 11.6 Å². The van der Waals surface area contributed by atoms with Crippen molar-refractivity contribution in [3.8, 4) is 5.75 Å². The SMILES string of the molecule is CCCCNC(=O)COC(=O)/C(=C/c1ccccc1OC)c1ccccc1. The molecule has 0 fully saturated rings. The minimum Gasteiger partial charge on any atom is -0.496 e. The van der Waals surface area contributed by atoms with Crippen molar-refractivity contribution < 1.29 is 19.1 Å². The predicted molar refractivity (Wildman–Crippen MR) is 106 cm³/mol. The van der Waals surface area contributed by atoms with E-state index >= 15 is 0 Å². The first-order chi connectivity index (χ1) is 13.2.